The van der Waals surface area contributed by atoms with Gasteiger partial charge in [0.1, 0.15) is 12.7 Å². The lowest BCUT2D eigenvalue weighted by Crippen LogP contribution is -2.27. The molecule has 2 unspecified atom stereocenters. The van der Waals surface area contributed by atoms with Crippen molar-refractivity contribution < 1.29 is 37.9 Å². The smallest absolute Gasteiger partial charge is 0.463 e. The van der Waals surface area contributed by atoms with E-state index < -0.39 is 26.5 Å². The monoisotopic (exact) mass is 695 g/mol. The third-order valence-electron chi connectivity index (χ3n) is 7.21. The maximum absolute atomic E-state index is 12.0. The molecule has 0 rings (SSSR count). The molecule has 0 radical (unpaired) electrons. The molecule has 1 amide bonds. The minimum absolute atomic E-state index is 0.0491. The Labute approximate surface area is 291 Å². The molecule has 0 aromatic carbocycles. The van der Waals surface area contributed by atoms with Crippen LogP contribution in [0.3, 0.4) is 0 Å². The van der Waals surface area contributed by atoms with Crippen LogP contribution in [-0.4, -0.2) is 54.3 Å². The number of carbonyl (C=O) groups is 2. The first kappa shape index (κ1) is 45.7. The third-order valence-corrected chi connectivity index (χ3v) is 8.20. The molecule has 0 bridgehead atoms. The van der Waals surface area contributed by atoms with Crippen LogP contribution in [0.1, 0.15) is 136 Å². The Bertz CT molecular complexity index is 976. The van der Waals surface area contributed by atoms with Crippen LogP contribution < -0.4 is 5.32 Å². The van der Waals surface area contributed by atoms with Crippen LogP contribution in [0, 0.1) is 0 Å². The number of hydrogen-bond donors (Lipinski definition) is 3. The summed E-state index contributed by atoms with van der Waals surface area (Å²) >= 11 is 0. The van der Waals surface area contributed by atoms with Gasteiger partial charge in [0, 0.05) is 19.4 Å². The van der Waals surface area contributed by atoms with Gasteiger partial charge < -0.3 is 20.1 Å². The Morgan fingerprint density at radius 1 is 0.667 bits per heavy atom. The lowest BCUT2D eigenvalue weighted by atomic mass is 10.1. The maximum Gasteiger partial charge on any atom is 0.472 e. The van der Waals surface area contributed by atoms with Crippen LogP contribution in [0.25, 0.3) is 0 Å². The predicted molar refractivity (Wildman–Crippen MR) is 196 cm³/mol. The molecular formula is C38H66NO8P. The molecule has 0 aromatic heterocycles. The fraction of sp³-hybridized carbons (Fsp3) is 0.684. The zero-order chi connectivity index (χ0) is 35.4. The third kappa shape index (κ3) is 35.0. The normalized spacial score (nSPS) is 14.2. The van der Waals surface area contributed by atoms with Crippen LogP contribution in [-0.2, 0) is 27.9 Å². The molecular weight excluding hydrogens is 629 g/mol. The van der Waals surface area contributed by atoms with Crippen molar-refractivity contribution in [3.8, 4) is 0 Å². The molecule has 0 aliphatic heterocycles. The lowest BCUT2D eigenvalue weighted by Gasteiger charge is -2.15. The Morgan fingerprint density at radius 2 is 1.19 bits per heavy atom. The molecule has 0 fully saturated rings. The minimum atomic E-state index is -4.42. The van der Waals surface area contributed by atoms with E-state index in [1.807, 2.05) is 0 Å². The fourth-order valence-corrected chi connectivity index (χ4v) is 5.23. The summed E-state index contributed by atoms with van der Waals surface area (Å²) in [7, 11) is -4.42. The summed E-state index contributed by atoms with van der Waals surface area (Å²) in [6.07, 6.45) is 38.8. The van der Waals surface area contributed by atoms with Crippen molar-refractivity contribution in [3.63, 3.8) is 0 Å². The first-order chi connectivity index (χ1) is 23.3. The summed E-state index contributed by atoms with van der Waals surface area (Å²) in [6, 6.07) is 0. The van der Waals surface area contributed by atoms with E-state index in [-0.39, 0.29) is 32.1 Å². The molecule has 0 aliphatic rings. The van der Waals surface area contributed by atoms with E-state index in [1.54, 1.807) is 0 Å². The van der Waals surface area contributed by atoms with E-state index in [9.17, 15) is 24.2 Å². The Kier molecular flexibility index (Phi) is 32.9. The van der Waals surface area contributed by atoms with Gasteiger partial charge in [0.15, 0.2) is 0 Å². The standard InChI is InChI=1S/C38H66NO8P/c1-3-5-7-9-11-13-15-16-17-18-19-20-21-22-24-26-28-30-37(41)39-32-33-46-48(43,44)47-35-36(40)34-45-38(42)31-29-27-25-23-14-12-10-8-6-4-2/h5,7,11,13,16-17,19-20,22,24,36,40H,3-4,6,8-10,12,14-15,18,21,23,25-35H2,1-2H3,(H,39,41)(H,43,44)/b7-5-,13-11-,17-16-,20-19-,24-22-. The van der Waals surface area contributed by atoms with Crippen molar-refractivity contribution in [1.29, 1.82) is 0 Å². The highest BCUT2D eigenvalue weighted by Crippen LogP contribution is 2.42. The van der Waals surface area contributed by atoms with Crippen LogP contribution in [0.5, 0.6) is 0 Å². The van der Waals surface area contributed by atoms with Gasteiger partial charge >= 0.3 is 13.8 Å². The van der Waals surface area contributed by atoms with E-state index in [2.05, 4.69) is 79.9 Å². The fourth-order valence-electron chi connectivity index (χ4n) is 4.47. The number of carbonyl (C=O) groups excluding carboxylic acids is 2. The number of unbranched alkanes of at least 4 members (excludes halogenated alkanes) is 10. The molecule has 2 atom stereocenters. The molecule has 9 nitrogen and oxygen atoms in total. The van der Waals surface area contributed by atoms with Crippen molar-refractivity contribution >= 4 is 19.7 Å². The van der Waals surface area contributed by atoms with Crippen LogP contribution in [0.4, 0.5) is 0 Å². The summed E-state index contributed by atoms with van der Waals surface area (Å²) in [6.45, 7) is 3.32. The van der Waals surface area contributed by atoms with Crippen molar-refractivity contribution in [1.82, 2.24) is 5.32 Å². The number of aliphatic hydroxyl groups excluding tert-OH is 1. The van der Waals surface area contributed by atoms with E-state index in [4.69, 9.17) is 13.8 Å². The molecule has 10 heteroatoms. The van der Waals surface area contributed by atoms with Gasteiger partial charge in [-0.3, -0.25) is 18.6 Å². The first-order valence-electron chi connectivity index (χ1n) is 18.3. The van der Waals surface area contributed by atoms with Gasteiger partial charge in [-0.1, -0.05) is 132 Å². The highest BCUT2D eigenvalue weighted by Gasteiger charge is 2.23. The first-order valence-corrected chi connectivity index (χ1v) is 19.8. The minimum Gasteiger partial charge on any atom is -0.463 e. The van der Waals surface area contributed by atoms with Crippen molar-refractivity contribution in [3.05, 3.63) is 60.8 Å². The van der Waals surface area contributed by atoms with Gasteiger partial charge in [-0.05, 0) is 51.4 Å². The number of nitrogens with one attached hydrogen (secondary N) is 1. The molecule has 276 valence electrons. The van der Waals surface area contributed by atoms with Gasteiger partial charge in [0.05, 0.1) is 13.2 Å². The largest absolute Gasteiger partial charge is 0.472 e. The molecule has 48 heavy (non-hydrogen) atoms. The second-order valence-electron chi connectivity index (χ2n) is 11.8. The summed E-state index contributed by atoms with van der Waals surface area (Å²) in [5.74, 6) is -0.583. The Balaban J connectivity index is 3.74. The molecule has 0 heterocycles. The number of esters is 1. The number of hydrogen-bond acceptors (Lipinski definition) is 7. The molecule has 0 saturated carbocycles. The number of allylic oxidation sites excluding steroid dienone is 10. The van der Waals surface area contributed by atoms with Crippen molar-refractivity contribution in [2.75, 3.05) is 26.4 Å². The summed E-state index contributed by atoms with van der Waals surface area (Å²) in [5.41, 5.74) is 0. The number of phosphoric acid groups is 1. The molecule has 0 saturated heterocycles. The average molecular weight is 696 g/mol. The summed E-state index contributed by atoms with van der Waals surface area (Å²) in [4.78, 5) is 33.7. The van der Waals surface area contributed by atoms with E-state index in [0.29, 0.717) is 12.8 Å². The van der Waals surface area contributed by atoms with Crippen LogP contribution in [0.2, 0.25) is 0 Å². The van der Waals surface area contributed by atoms with Gasteiger partial charge in [0.2, 0.25) is 5.91 Å². The highest BCUT2D eigenvalue weighted by molar-refractivity contribution is 7.47. The van der Waals surface area contributed by atoms with Gasteiger partial charge in [0.25, 0.3) is 0 Å². The van der Waals surface area contributed by atoms with Crippen LogP contribution in [0.15, 0.2) is 60.8 Å². The Hall–Kier alpha value is -2.29. The molecule has 0 aliphatic carbocycles. The van der Waals surface area contributed by atoms with E-state index in [1.165, 1.54) is 44.9 Å². The molecule has 3 N–H and O–H groups in total. The summed E-state index contributed by atoms with van der Waals surface area (Å²) < 4.78 is 26.7. The zero-order valence-electron chi connectivity index (χ0n) is 29.9. The lowest BCUT2D eigenvalue weighted by molar-refractivity contribution is -0.147. The second kappa shape index (κ2) is 34.6. The number of phosphoric ester groups is 1. The molecule has 0 aromatic rings. The van der Waals surface area contributed by atoms with Crippen molar-refractivity contribution in [2.24, 2.45) is 0 Å². The van der Waals surface area contributed by atoms with E-state index in [0.717, 1.165) is 57.8 Å². The number of ether oxygens (including phenoxy) is 1. The quantitative estimate of drug-likeness (QED) is 0.0268. The number of amides is 1. The summed E-state index contributed by atoms with van der Waals surface area (Å²) in [5, 5.41) is 12.6. The predicted octanol–water partition coefficient (Wildman–Crippen LogP) is 9.37. The van der Waals surface area contributed by atoms with Gasteiger partial charge in [-0.25, -0.2) is 4.57 Å². The SMILES string of the molecule is CC/C=C\C/C=C\C/C=C\C/C=C\C/C=C\CCCC(=O)NCCOP(=O)(O)OCC(O)COC(=O)CCCCCCCCCCCC. The topological polar surface area (TPSA) is 131 Å². The number of aliphatic hydroxyl groups is 1. The van der Waals surface area contributed by atoms with Gasteiger partial charge in [-0.2, -0.15) is 0 Å². The Morgan fingerprint density at radius 3 is 1.75 bits per heavy atom. The highest BCUT2D eigenvalue weighted by atomic mass is 31.2. The second-order valence-corrected chi connectivity index (χ2v) is 13.3. The van der Waals surface area contributed by atoms with Gasteiger partial charge in [-0.15, -0.1) is 0 Å². The average Bonchev–Trinajstić information content (AvgIpc) is 3.07. The maximum atomic E-state index is 12.0. The zero-order valence-corrected chi connectivity index (χ0v) is 30.8. The van der Waals surface area contributed by atoms with Crippen molar-refractivity contribution in [2.45, 2.75) is 142 Å². The molecule has 0 spiro atoms. The number of rotatable bonds is 33. The van der Waals surface area contributed by atoms with E-state index >= 15 is 0 Å². The van der Waals surface area contributed by atoms with Crippen LogP contribution >= 0.6 is 7.82 Å².